The molecule has 2 aliphatic heterocycles. The van der Waals surface area contributed by atoms with Crippen molar-refractivity contribution in [1.82, 2.24) is 9.55 Å². The van der Waals surface area contributed by atoms with Crippen LogP contribution in [0.1, 0.15) is 47.4 Å². The number of carbonyl (C=O) groups is 3. The molecule has 0 spiro atoms. The van der Waals surface area contributed by atoms with E-state index in [1.807, 2.05) is 16.7 Å². The van der Waals surface area contributed by atoms with E-state index in [1.165, 1.54) is 7.11 Å². The SMILES string of the molecule is COC(=O)c1cn(Cc2ccc3c(c2)C(C)(C)CN3C(=O)[C@H]2CC(=O)N(c3cccc(C#N)c3)C2)cn1. The van der Waals surface area contributed by atoms with E-state index in [0.29, 0.717) is 30.9 Å². The smallest absolute Gasteiger partial charge is 0.358 e. The molecule has 1 aromatic heterocycles. The summed E-state index contributed by atoms with van der Waals surface area (Å²) in [6, 6.07) is 15.0. The average molecular weight is 498 g/mol. The van der Waals surface area contributed by atoms with Crippen LogP contribution in [0.25, 0.3) is 0 Å². The first kappa shape index (κ1) is 24.3. The van der Waals surface area contributed by atoms with Crippen molar-refractivity contribution >= 4 is 29.2 Å². The van der Waals surface area contributed by atoms with Gasteiger partial charge in [-0.2, -0.15) is 5.26 Å². The highest BCUT2D eigenvalue weighted by Gasteiger charge is 2.43. The topological polar surface area (TPSA) is 109 Å². The van der Waals surface area contributed by atoms with Gasteiger partial charge in [-0.05, 0) is 35.4 Å². The second kappa shape index (κ2) is 9.21. The molecule has 5 rings (SSSR count). The van der Waals surface area contributed by atoms with E-state index in [2.05, 4.69) is 31.0 Å². The van der Waals surface area contributed by atoms with Crippen molar-refractivity contribution in [1.29, 1.82) is 5.26 Å². The Morgan fingerprint density at radius 2 is 2.03 bits per heavy atom. The van der Waals surface area contributed by atoms with Gasteiger partial charge in [0.2, 0.25) is 11.8 Å². The number of amides is 2. The summed E-state index contributed by atoms with van der Waals surface area (Å²) in [6.45, 7) is 5.55. The standard InChI is InChI=1S/C28H27N5O4/c1-28(2)16-33(26(35)20-11-25(34)32(14-20)21-6-4-5-18(9-21)12-29)24-8-7-19(10-22(24)28)13-31-15-23(30-17-31)27(36)37-3/h4-10,15,17,20H,11,13-14,16H2,1-3H3/t20-/m0/s1. The molecule has 2 amide bonds. The summed E-state index contributed by atoms with van der Waals surface area (Å²) < 4.78 is 6.54. The highest BCUT2D eigenvalue weighted by molar-refractivity contribution is 6.05. The van der Waals surface area contributed by atoms with Crippen molar-refractivity contribution in [3.05, 3.63) is 77.4 Å². The predicted molar refractivity (Wildman–Crippen MR) is 136 cm³/mol. The molecule has 0 saturated carbocycles. The van der Waals surface area contributed by atoms with Crippen LogP contribution in [0, 0.1) is 17.2 Å². The number of imidazole rings is 1. The van der Waals surface area contributed by atoms with E-state index >= 15 is 0 Å². The quantitative estimate of drug-likeness (QED) is 0.501. The zero-order valence-electron chi connectivity index (χ0n) is 21.0. The average Bonchev–Trinajstić information content (AvgIpc) is 3.59. The van der Waals surface area contributed by atoms with E-state index in [4.69, 9.17) is 4.74 Å². The van der Waals surface area contributed by atoms with E-state index in [9.17, 15) is 19.6 Å². The van der Waals surface area contributed by atoms with Crippen LogP contribution in [0.3, 0.4) is 0 Å². The minimum atomic E-state index is -0.482. The first-order valence-electron chi connectivity index (χ1n) is 12.1. The van der Waals surface area contributed by atoms with Crippen LogP contribution in [0.2, 0.25) is 0 Å². The van der Waals surface area contributed by atoms with Gasteiger partial charge in [-0.1, -0.05) is 32.0 Å². The lowest BCUT2D eigenvalue weighted by Gasteiger charge is -2.23. The molecule has 0 bridgehead atoms. The Bertz CT molecular complexity index is 1450. The molecule has 2 aliphatic rings. The molecule has 2 aromatic carbocycles. The van der Waals surface area contributed by atoms with Crippen molar-refractivity contribution in [3.63, 3.8) is 0 Å². The van der Waals surface area contributed by atoms with E-state index in [0.717, 1.165) is 16.8 Å². The molecule has 188 valence electrons. The molecule has 1 atom stereocenters. The highest BCUT2D eigenvalue weighted by atomic mass is 16.5. The van der Waals surface area contributed by atoms with Crippen molar-refractivity contribution in [2.24, 2.45) is 5.92 Å². The van der Waals surface area contributed by atoms with E-state index < -0.39 is 11.9 Å². The van der Waals surface area contributed by atoms with Gasteiger partial charge in [-0.25, -0.2) is 9.78 Å². The summed E-state index contributed by atoms with van der Waals surface area (Å²) in [6.07, 6.45) is 3.38. The number of hydrogen-bond donors (Lipinski definition) is 0. The zero-order valence-corrected chi connectivity index (χ0v) is 21.0. The first-order chi connectivity index (χ1) is 17.7. The van der Waals surface area contributed by atoms with Crippen LogP contribution >= 0.6 is 0 Å². The normalized spacial score (nSPS) is 18.0. The van der Waals surface area contributed by atoms with E-state index in [-0.39, 0.29) is 29.3 Å². The third-order valence-electron chi connectivity index (χ3n) is 7.05. The maximum atomic E-state index is 13.7. The zero-order chi connectivity index (χ0) is 26.3. The fraction of sp³-hybridized carbons (Fsp3) is 0.321. The molecule has 0 radical (unpaired) electrons. The van der Waals surface area contributed by atoms with Crippen molar-refractivity contribution in [2.75, 3.05) is 30.0 Å². The number of methoxy groups -OCH3 is 1. The van der Waals surface area contributed by atoms with Crippen LogP contribution in [0.5, 0.6) is 0 Å². The molecule has 9 nitrogen and oxygen atoms in total. The summed E-state index contributed by atoms with van der Waals surface area (Å²) in [5.41, 5.74) is 4.04. The molecule has 9 heteroatoms. The molecule has 3 heterocycles. The molecule has 3 aromatic rings. The number of ether oxygens (including phenoxy) is 1. The molecule has 0 unspecified atom stereocenters. The first-order valence-corrected chi connectivity index (χ1v) is 12.1. The Balaban J connectivity index is 1.35. The predicted octanol–water partition coefficient (Wildman–Crippen LogP) is 3.27. The number of nitriles is 1. The van der Waals surface area contributed by atoms with Crippen LogP contribution in [-0.4, -0.2) is 47.5 Å². The number of carbonyl (C=O) groups excluding carboxylic acids is 3. The summed E-state index contributed by atoms with van der Waals surface area (Å²) in [5, 5.41) is 9.19. The highest BCUT2D eigenvalue weighted by Crippen LogP contribution is 2.42. The van der Waals surface area contributed by atoms with Gasteiger partial charge in [0.05, 0.1) is 31.0 Å². The van der Waals surface area contributed by atoms with Crippen LogP contribution in [-0.2, 0) is 26.3 Å². The number of hydrogen-bond acceptors (Lipinski definition) is 6. The van der Waals surface area contributed by atoms with Crippen LogP contribution < -0.4 is 9.80 Å². The minimum absolute atomic E-state index is 0.0656. The lowest BCUT2D eigenvalue weighted by Crippen LogP contribution is -2.39. The van der Waals surface area contributed by atoms with Gasteiger partial charge in [-0.15, -0.1) is 0 Å². The minimum Gasteiger partial charge on any atom is -0.464 e. The van der Waals surface area contributed by atoms with Gasteiger partial charge in [0.15, 0.2) is 5.69 Å². The van der Waals surface area contributed by atoms with Gasteiger partial charge in [-0.3, -0.25) is 9.59 Å². The van der Waals surface area contributed by atoms with Gasteiger partial charge in [0.1, 0.15) is 0 Å². The van der Waals surface area contributed by atoms with Gasteiger partial charge >= 0.3 is 5.97 Å². The van der Waals surface area contributed by atoms with Gasteiger partial charge in [0.25, 0.3) is 0 Å². The number of rotatable bonds is 5. The monoisotopic (exact) mass is 497 g/mol. The Morgan fingerprint density at radius 3 is 2.78 bits per heavy atom. The second-order valence-corrected chi connectivity index (χ2v) is 10.2. The lowest BCUT2D eigenvalue weighted by atomic mass is 9.86. The van der Waals surface area contributed by atoms with Crippen molar-refractivity contribution in [3.8, 4) is 6.07 Å². The molecular weight excluding hydrogens is 470 g/mol. The maximum absolute atomic E-state index is 13.7. The van der Waals surface area contributed by atoms with E-state index in [1.54, 1.807) is 46.6 Å². The largest absolute Gasteiger partial charge is 0.464 e. The number of aromatic nitrogens is 2. The lowest BCUT2D eigenvalue weighted by molar-refractivity contribution is -0.124. The van der Waals surface area contributed by atoms with Crippen molar-refractivity contribution < 1.29 is 19.1 Å². The Hall–Kier alpha value is -4.45. The van der Waals surface area contributed by atoms with Crippen molar-refractivity contribution in [2.45, 2.75) is 32.2 Å². The van der Waals surface area contributed by atoms with Crippen LogP contribution in [0.4, 0.5) is 11.4 Å². The Kier molecular flexibility index (Phi) is 6.04. The molecule has 0 N–H and O–H groups in total. The second-order valence-electron chi connectivity index (χ2n) is 10.2. The summed E-state index contributed by atoms with van der Waals surface area (Å²) in [7, 11) is 1.32. The fourth-order valence-electron chi connectivity index (χ4n) is 5.17. The van der Waals surface area contributed by atoms with Crippen LogP contribution in [0.15, 0.2) is 55.0 Å². The number of nitrogens with zero attached hydrogens (tertiary/aromatic N) is 5. The molecule has 1 fully saturated rings. The third-order valence-corrected chi connectivity index (χ3v) is 7.05. The Labute approximate surface area is 214 Å². The fourth-order valence-corrected chi connectivity index (χ4v) is 5.17. The number of fused-ring (bicyclic) bond motifs is 1. The summed E-state index contributed by atoms with van der Waals surface area (Å²) in [4.78, 5) is 45.7. The summed E-state index contributed by atoms with van der Waals surface area (Å²) in [5.74, 6) is -1.12. The van der Waals surface area contributed by atoms with Gasteiger partial charge in [0, 0.05) is 49.0 Å². The third kappa shape index (κ3) is 4.47. The maximum Gasteiger partial charge on any atom is 0.358 e. The number of esters is 1. The molecule has 1 saturated heterocycles. The molecule has 0 aliphatic carbocycles. The van der Waals surface area contributed by atoms with Gasteiger partial charge < -0.3 is 19.1 Å². The number of benzene rings is 2. The summed E-state index contributed by atoms with van der Waals surface area (Å²) >= 11 is 0. The Morgan fingerprint density at radius 1 is 1.22 bits per heavy atom. The number of anilines is 2. The molecule has 37 heavy (non-hydrogen) atoms. The molecular formula is C28H27N5O4.